The van der Waals surface area contributed by atoms with Crippen LogP contribution in [0, 0.1) is 3.57 Å². The number of anilines is 1. The van der Waals surface area contributed by atoms with Crippen LogP contribution in [0.2, 0.25) is 0 Å². The lowest BCUT2D eigenvalue weighted by Crippen LogP contribution is -2.21. The molecule has 4 aromatic rings. The van der Waals surface area contributed by atoms with Gasteiger partial charge in [0.25, 0.3) is 5.91 Å². The molecule has 0 saturated heterocycles. The van der Waals surface area contributed by atoms with E-state index in [1.807, 2.05) is 74.5 Å². The third-order valence-electron chi connectivity index (χ3n) is 5.90. The summed E-state index contributed by atoms with van der Waals surface area (Å²) in [6, 6.07) is 28.0. The highest BCUT2D eigenvalue weighted by Crippen LogP contribution is 2.36. The Morgan fingerprint density at radius 3 is 2.44 bits per heavy atom. The van der Waals surface area contributed by atoms with Crippen LogP contribution in [-0.4, -0.2) is 18.2 Å². The summed E-state index contributed by atoms with van der Waals surface area (Å²) in [6.45, 7) is 4.73. The smallest absolute Gasteiger partial charge is 0.280 e. The third kappa shape index (κ3) is 4.99. The molecule has 36 heavy (non-hydrogen) atoms. The van der Waals surface area contributed by atoms with E-state index in [2.05, 4.69) is 58.0 Å². The summed E-state index contributed by atoms with van der Waals surface area (Å²) >= 11 is 2.26. The second-order valence-corrected chi connectivity index (χ2v) is 9.59. The van der Waals surface area contributed by atoms with Crippen molar-refractivity contribution in [1.82, 2.24) is 0 Å². The van der Waals surface area contributed by atoms with E-state index in [1.54, 1.807) is 0 Å². The molecule has 0 bridgehead atoms. The molecule has 0 unspecified atom stereocenters. The molecule has 1 amide bonds. The van der Waals surface area contributed by atoms with Gasteiger partial charge in [-0.3, -0.25) is 4.79 Å². The van der Waals surface area contributed by atoms with Gasteiger partial charge in [0.15, 0.2) is 11.5 Å². The largest absolute Gasteiger partial charge is 0.490 e. The zero-order valence-corrected chi connectivity index (χ0v) is 22.2. The molecule has 0 N–H and O–H groups in total. The molecule has 180 valence electrons. The Bertz CT molecular complexity index is 1500. The van der Waals surface area contributed by atoms with Gasteiger partial charge in [0.2, 0.25) is 0 Å². The van der Waals surface area contributed by atoms with E-state index >= 15 is 0 Å². The third-order valence-corrected chi connectivity index (χ3v) is 6.70. The minimum atomic E-state index is -0.150. The molecule has 1 aliphatic rings. The van der Waals surface area contributed by atoms with Crippen LogP contribution in [0.25, 0.3) is 16.8 Å². The number of hydrogen-bond donors (Lipinski definition) is 0. The van der Waals surface area contributed by atoms with Crippen LogP contribution in [0.3, 0.4) is 0 Å². The monoisotopic (exact) mass is 588 g/mol. The van der Waals surface area contributed by atoms with Gasteiger partial charge in [-0.1, -0.05) is 54.6 Å². The molecule has 4 aromatic carbocycles. The Labute approximate surface area is 224 Å². The Morgan fingerprint density at radius 1 is 0.917 bits per heavy atom. The highest BCUT2D eigenvalue weighted by Gasteiger charge is 2.28. The quantitative estimate of drug-likeness (QED) is 0.169. The number of carbonyl (C=O) groups excluding carboxylic acids is 1. The van der Waals surface area contributed by atoms with E-state index < -0.39 is 0 Å². The van der Waals surface area contributed by atoms with Crippen molar-refractivity contribution < 1.29 is 14.3 Å². The summed E-state index contributed by atoms with van der Waals surface area (Å²) in [6.07, 6.45) is 1.86. The van der Waals surface area contributed by atoms with E-state index in [1.165, 1.54) is 15.8 Å². The van der Waals surface area contributed by atoms with Gasteiger partial charge in [-0.25, -0.2) is 0 Å². The number of benzene rings is 4. The Balaban J connectivity index is 1.41. The topological polar surface area (TPSA) is 51.1 Å². The van der Waals surface area contributed by atoms with E-state index in [-0.39, 0.29) is 5.91 Å². The Kier molecular flexibility index (Phi) is 7.04. The molecule has 0 radical (unpaired) electrons. The second-order valence-electron chi connectivity index (χ2n) is 8.43. The van der Waals surface area contributed by atoms with Crippen molar-refractivity contribution >= 4 is 56.7 Å². The summed E-state index contributed by atoms with van der Waals surface area (Å²) < 4.78 is 13.1. The predicted octanol–water partition coefficient (Wildman–Crippen LogP) is 7.23. The number of carbonyl (C=O) groups is 1. The van der Waals surface area contributed by atoms with Crippen molar-refractivity contribution in [3.8, 4) is 11.5 Å². The second kappa shape index (κ2) is 10.5. The maximum atomic E-state index is 13.1. The van der Waals surface area contributed by atoms with Crippen LogP contribution < -0.4 is 14.5 Å². The molecule has 0 atom stereocenters. The molecule has 1 aliphatic heterocycles. The first-order chi connectivity index (χ1) is 17.5. The molecule has 0 spiro atoms. The number of ether oxygens (including phenoxy) is 2. The van der Waals surface area contributed by atoms with Gasteiger partial charge in [0.05, 0.1) is 27.1 Å². The molecule has 5 nitrogen and oxygen atoms in total. The van der Waals surface area contributed by atoms with Crippen LogP contribution >= 0.6 is 22.6 Å². The lowest BCUT2D eigenvalue weighted by atomic mass is 10.1. The highest BCUT2D eigenvalue weighted by molar-refractivity contribution is 14.1. The number of para-hydroxylation sites is 1. The zero-order valence-electron chi connectivity index (χ0n) is 20.1. The molecular weight excluding hydrogens is 563 g/mol. The van der Waals surface area contributed by atoms with Gasteiger partial charge in [-0.05, 0) is 94.7 Å². The fourth-order valence-corrected chi connectivity index (χ4v) is 4.93. The standard InChI is InChI=1S/C30H25IN2O3/c1-3-35-28-18-22(16-26-20(2)32-33(30(26)34)25-11-5-4-6-12-25)17-27(31)29(28)36-19-21-13-14-23-9-7-8-10-24(23)15-21/h4-18H,3,19H2,1-2H3/b26-16+. The number of rotatable bonds is 7. The molecule has 5 rings (SSSR count). The van der Waals surface area contributed by atoms with Gasteiger partial charge in [0, 0.05) is 0 Å². The van der Waals surface area contributed by atoms with Crippen LogP contribution in [0.15, 0.2) is 95.6 Å². The fraction of sp³-hybridized carbons (Fsp3) is 0.133. The normalized spacial score (nSPS) is 14.4. The van der Waals surface area contributed by atoms with E-state index in [0.29, 0.717) is 36.0 Å². The van der Waals surface area contributed by atoms with E-state index in [4.69, 9.17) is 9.47 Å². The summed E-state index contributed by atoms with van der Waals surface area (Å²) in [7, 11) is 0. The van der Waals surface area contributed by atoms with Crippen molar-refractivity contribution in [3.05, 3.63) is 105 Å². The van der Waals surface area contributed by atoms with Gasteiger partial charge in [-0.2, -0.15) is 10.1 Å². The van der Waals surface area contributed by atoms with Crippen molar-refractivity contribution in [2.24, 2.45) is 5.10 Å². The summed E-state index contributed by atoms with van der Waals surface area (Å²) in [5, 5.41) is 8.30. The lowest BCUT2D eigenvalue weighted by molar-refractivity contribution is -0.114. The molecule has 0 aliphatic carbocycles. The number of hydrazone groups is 1. The zero-order chi connectivity index (χ0) is 25.1. The number of nitrogens with zero attached hydrogens (tertiary/aromatic N) is 2. The van der Waals surface area contributed by atoms with Crippen molar-refractivity contribution in [3.63, 3.8) is 0 Å². The Morgan fingerprint density at radius 2 is 1.67 bits per heavy atom. The summed E-state index contributed by atoms with van der Waals surface area (Å²) in [4.78, 5) is 13.1. The van der Waals surface area contributed by atoms with Gasteiger partial charge < -0.3 is 9.47 Å². The first-order valence-corrected chi connectivity index (χ1v) is 12.8. The van der Waals surface area contributed by atoms with Gasteiger partial charge in [0.1, 0.15) is 6.61 Å². The minimum Gasteiger partial charge on any atom is -0.490 e. The maximum absolute atomic E-state index is 13.1. The number of halogens is 1. The van der Waals surface area contributed by atoms with Crippen LogP contribution in [0.5, 0.6) is 11.5 Å². The van der Waals surface area contributed by atoms with E-state index in [0.717, 1.165) is 20.4 Å². The molecule has 0 saturated carbocycles. The maximum Gasteiger partial charge on any atom is 0.280 e. The lowest BCUT2D eigenvalue weighted by Gasteiger charge is -2.15. The number of hydrogen-bond acceptors (Lipinski definition) is 4. The number of fused-ring (bicyclic) bond motifs is 1. The van der Waals surface area contributed by atoms with Gasteiger partial charge >= 0.3 is 0 Å². The van der Waals surface area contributed by atoms with E-state index in [9.17, 15) is 4.79 Å². The average Bonchev–Trinajstić information content (AvgIpc) is 3.17. The molecular formula is C30H25IN2O3. The average molecular weight is 588 g/mol. The van der Waals surface area contributed by atoms with Crippen LogP contribution in [0.4, 0.5) is 5.69 Å². The Hall–Kier alpha value is -3.65. The van der Waals surface area contributed by atoms with Crippen molar-refractivity contribution in [1.29, 1.82) is 0 Å². The van der Waals surface area contributed by atoms with Crippen molar-refractivity contribution in [2.45, 2.75) is 20.5 Å². The number of amides is 1. The SMILES string of the molecule is CCOc1cc(/C=C2/C(=O)N(c3ccccc3)N=C2C)cc(I)c1OCc1ccc2ccccc2c1. The fourth-order valence-electron chi connectivity index (χ4n) is 4.15. The first kappa shape index (κ1) is 24.1. The first-order valence-electron chi connectivity index (χ1n) is 11.8. The molecule has 0 aromatic heterocycles. The van der Waals surface area contributed by atoms with Gasteiger partial charge in [-0.15, -0.1) is 0 Å². The van der Waals surface area contributed by atoms with Crippen molar-refractivity contribution in [2.75, 3.05) is 11.6 Å². The molecule has 6 heteroatoms. The molecule has 0 fully saturated rings. The highest BCUT2D eigenvalue weighted by atomic mass is 127. The summed E-state index contributed by atoms with van der Waals surface area (Å²) in [5.74, 6) is 1.20. The van der Waals surface area contributed by atoms with Crippen LogP contribution in [0.1, 0.15) is 25.0 Å². The van der Waals surface area contributed by atoms with Crippen LogP contribution in [-0.2, 0) is 11.4 Å². The summed E-state index contributed by atoms with van der Waals surface area (Å²) in [5.41, 5.74) is 3.92. The molecule has 1 heterocycles. The minimum absolute atomic E-state index is 0.150. The predicted molar refractivity (Wildman–Crippen MR) is 154 cm³/mol.